The first-order valence-electron chi connectivity index (χ1n) is 12.6. The third-order valence-electron chi connectivity index (χ3n) is 6.76. The number of para-hydroxylation sites is 1. The maximum Gasteiger partial charge on any atom is 0.322 e. The quantitative estimate of drug-likeness (QED) is 0.227. The van der Waals surface area contributed by atoms with E-state index in [9.17, 15) is 18.4 Å². The lowest BCUT2D eigenvalue weighted by Crippen LogP contribution is -2.45. The molecule has 202 valence electrons. The molecule has 0 aliphatic heterocycles. The van der Waals surface area contributed by atoms with E-state index >= 15 is 0 Å². The van der Waals surface area contributed by atoms with Crippen LogP contribution >= 0.6 is 23.2 Å². The molecule has 6 nitrogen and oxygen atoms in total. The first-order valence-corrected chi connectivity index (χ1v) is 13.3. The standard InChI is InChI=1S/C29H26Cl2F2N4O2/c30-23-9-5-18(13-24(23)31)16-36(12-11-19-15-34-27-4-2-1-3-22(19)27)28(38)17-37(21-7-8-21)29(39)35-20-6-10-25(32)26(33)14-20/h1-6,9-10,13-15,21,34H,7-8,11-12,16-17H2,(H,35,39). The molecule has 4 aromatic rings. The van der Waals surface area contributed by atoms with Gasteiger partial charge in [0.2, 0.25) is 5.91 Å². The van der Waals surface area contributed by atoms with Gasteiger partial charge in [-0.3, -0.25) is 4.79 Å². The number of carbonyl (C=O) groups excluding carboxylic acids is 2. The first kappa shape index (κ1) is 27.0. The number of carbonyl (C=O) groups is 2. The highest BCUT2D eigenvalue weighted by Crippen LogP contribution is 2.28. The van der Waals surface area contributed by atoms with Gasteiger partial charge in [0.05, 0.1) is 10.0 Å². The van der Waals surface area contributed by atoms with E-state index in [0.29, 0.717) is 23.0 Å². The van der Waals surface area contributed by atoms with Gasteiger partial charge in [-0.1, -0.05) is 47.5 Å². The molecule has 1 aliphatic carbocycles. The molecular formula is C29H26Cl2F2N4O2. The second kappa shape index (κ2) is 11.6. The Labute approximate surface area is 234 Å². The number of aromatic amines is 1. The van der Waals surface area contributed by atoms with Gasteiger partial charge in [-0.2, -0.15) is 0 Å². The highest BCUT2D eigenvalue weighted by molar-refractivity contribution is 6.42. The number of rotatable bonds is 9. The zero-order valence-electron chi connectivity index (χ0n) is 20.9. The van der Waals surface area contributed by atoms with Crippen LogP contribution in [-0.4, -0.2) is 45.9 Å². The molecule has 0 bridgehead atoms. The summed E-state index contributed by atoms with van der Waals surface area (Å²) in [6, 6.07) is 15.7. The molecule has 1 aliphatic rings. The van der Waals surface area contributed by atoms with Crippen molar-refractivity contribution < 1.29 is 18.4 Å². The molecule has 0 radical (unpaired) electrons. The van der Waals surface area contributed by atoms with E-state index in [1.165, 1.54) is 11.0 Å². The lowest BCUT2D eigenvalue weighted by atomic mass is 10.1. The Hall–Kier alpha value is -3.62. The number of benzene rings is 3. The summed E-state index contributed by atoms with van der Waals surface area (Å²) in [5.74, 6) is -2.31. The summed E-state index contributed by atoms with van der Waals surface area (Å²) in [6.07, 6.45) is 4.07. The lowest BCUT2D eigenvalue weighted by molar-refractivity contribution is -0.132. The van der Waals surface area contributed by atoms with Gasteiger partial charge >= 0.3 is 6.03 Å². The molecule has 3 amide bonds. The van der Waals surface area contributed by atoms with Gasteiger partial charge in [0.1, 0.15) is 6.54 Å². The molecule has 3 aromatic carbocycles. The van der Waals surface area contributed by atoms with E-state index in [0.717, 1.165) is 47.0 Å². The minimum absolute atomic E-state index is 0.0975. The predicted octanol–water partition coefficient (Wildman–Crippen LogP) is 7.02. The van der Waals surface area contributed by atoms with Crippen LogP contribution in [-0.2, 0) is 17.8 Å². The van der Waals surface area contributed by atoms with Crippen LogP contribution in [0.2, 0.25) is 10.0 Å². The van der Waals surface area contributed by atoms with E-state index in [-0.39, 0.29) is 30.7 Å². The Balaban J connectivity index is 1.33. The van der Waals surface area contributed by atoms with Crippen LogP contribution in [0, 0.1) is 11.6 Å². The molecule has 1 aromatic heterocycles. The van der Waals surface area contributed by atoms with Crippen molar-refractivity contribution in [1.29, 1.82) is 0 Å². The molecule has 1 fully saturated rings. The Bertz CT molecular complexity index is 1520. The number of hydrogen-bond donors (Lipinski definition) is 2. The van der Waals surface area contributed by atoms with Gasteiger partial charge in [-0.05, 0) is 60.7 Å². The number of anilines is 1. The van der Waals surface area contributed by atoms with Crippen molar-refractivity contribution in [2.24, 2.45) is 0 Å². The predicted molar refractivity (Wildman–Crippen MR) is 149 cm³/mol. The molecular weight excluding hydrogens is 545 g/mol. The van der Waals surface area contributed by atoms with Gasteiger partial charge in [-0.25, -0.2) is 13.6 Å². The molecule has 0 saturated heterocycles. The largest absolute Gasteiger partial charge is 0.361 e. The van der Waals surface area contributed by atoms with Crippen LogP contribution in [0.3, 0.4) is 0 Å². The van der Waals surface area contributed by atoms with Crippen molar-refractivity contribution >= 4 is 51.7 Å². The number of amides is 3. The van der Waals surface area contributed by atoms with Crippen LogP contribution in [0.1, 0.15) is 24.0 Å². The van der Waals surface area contributed by atoms with E-state index < -0.39 is 17.7 Å². The molecule has 1 heterocycles. The summed E-state index contributed by atoms with van der Waals surface area (Å²) in [5, 5.41) is 4.49. The SMILES string of the molecule is O=C(CN(C(=O)Nc1ccc(F)c(F)c1)C1CC1)N(CCc1c[nH]c2ccccc12)Cc1ccc(Cl)c(Cl)c1. The summed E-state index contributed by atoms with van der Waals surface area (Å²) in [6.45, 7) is 0.529. The maximum atomic E-state index is 13.7. The minimum atomic E-state index is -1.06. The second-order valence-corrected chi connectivity index (χ2v) is 10.4. The number of nitrogens with zero attached hydrogens (tertiary/aromatic N) is 2. The summed E-state index contributed by atoms with van der Waals surface area (Å²) < 4.78 is 27.0. The van der Waals surface area contributed by atoms with Crippen molar-refractivity contribution in [1.82, 2.24) is 14.8 Å². The third-order valence-corrected chi connectivity index (χ3v) is 7.50. The average molecular weight is 571 g/mol. The number of nitrogens with one attached hydrogen (secondary N) is 2. The number of aromatic nitrogens is 1. The zero-order chi connectivity index (χ0) is 27.5. The van der Waals surface area contributed by atoms with Crippen molar-refractivity contribution in [3.8, 4) is 0 Å². The second-order valence-electron chi connectivity index (χ2n) is 9.59. The van der Waals surface area contributed by atoms with E-state index in [1.807, 2.05) is 36.5 Å². The topological polar surface area (TPSA) is 68.4 Å². The van der Waals surface area contributed by atoms with E-state index in [1.54, 1.807) is 17.0 Å². The monoisotopic (exact) mass is 570 g/mol. The number of fused-ring (bicyclic) bond motifs is 1. The van der Waals surface area contributed by atoms with Crippen LogP contribution < -0.4 is 5.32 Å². The normalized spacial score (nSPS) is 12.9. The molecule has 0 spiro atoms. The van der Waals surface area contributed by atoms with Crippen LogP contribution in [0.5, 0.6) is 0 Å². The molecule has 5 rings (SSSR count). The van der Waals surface area contributed by atoms with Gasteiger partial charge in [0.15, 0.2) is 11.6 Å². The minimum Gasteiger partial charge on any atom is -0.361 e. The molecule has 0 atom stereocenters. The van der Waals surface area contributed by atoms with Crippen LogP contribution in [0.25, 0.3) is 10.9 Å². The van der Waals surface area contributed by atoms with Crippen molar-refractivity contribution in [2.45, 2.75) is 31.8 Å². The van der Waals surface area contributed by atoms with Crippen molar-refractivity contribution in [3.05, 3.63) is 99.7 Å². The highest BCUT2D eigenvalue weighted by Gasteiger charge is 2.35. The summed E-state index contributed by atoms with van der Waals surface area (Å²) >= 11 is 12.3. The zero-order valence-corrected chi connectivity index (χ0v) is 22.4. The Morgan fingerprint density at radius 3 is 2.51 bits per heavy atom. The lowest BCUT2D eigenvalue weighted by Gasteiger charge is -2.28. The van der Waals surface area contributed by atoms with E-state index in [2.05, 4.69) is 10.3 Å². The molecule has 2 N–H and O–H groups in total. The highest BCUT2D eigenvalue weighted by atomic mass is 35.5. The van der Waals surface area contributed by atoms with Crippen molar-refractivity contribution in [2.75, 3.05) is 18.4 Å². The Morgan fingerprint density at radius 2 is 1.77 bits per heavy atom. The molecule has 1 saturated carbocycles. The summed E-state index contributed by atoms with van der Waals surface area (Å²) in [4.78, 5) is 33.1. The fourth-order valence-electron chi connectivity index (χ4n) is 4.51. The summed E-state index contributed by atoms with van der Waals surface area (Å²) in [7, 11) is 0. The third kappa shape index (κ3) is 6.52. The smallest absolute Gasteiger partial charge is 0.322 e. The molecule has 0 unspecified atom stereocenters. The number of urea groups is 1. The molecule has 39 heavy (non-hydrogen) atoms. The first-order chi connectivity index (χ1) is 18.8. The summed E-state index contributed by atoms with van der Waals surface area (Å²) in [5.41, 5.74) is 3.02. The average Bonchev–Trinajstić information content (AvgIpc) is 3.68. The van der Waals surface area contributed by atoms with Gasteiger partial charge in [0, 0.05) is 48.0 Å². The number of H-pyrrole nitrogens is 1. The van der Waals surface area contributed by atoms with Gasteiger partial charge in [-0.15, -0.1) is 0 Å². The van der Waals surface area contributed by atoms with Gasteiger partial charge in [0.25, 0.3) is 0 Å². The van der Waals surface area contributed by atoms with Crippen molar-refractivity contribution in [3.63, 3.8) is 0 Å². The van der Waals surface area contributed by atoms with Gasteiger partial charge < -0.3 is 20.1 Å². The fourth-order valence-corrected chi connectivity index (χ4v) is 4.83. The number of hydrogen-bond acceptors (Lipinski definition) is 2. The van der Waals surface area contributed by atoms with E-state index in [4.69, 9.17) is 23.2 Å². The number of halogens is 4. The Kier molecular flexibility index (Phi) is 8.04. The Morgan fingerprint density at radius 1 is 0.974 bits per heavy atom. The molecule has 10 heteroatoms. The fraction of sp³-hybridized carbons (Fsp3) is 0.241. The van der Waals surface area contributed by atoms with Crippen LogP contribution in [0.15, 0.2) is 66.9 Å². The maximum absolute atomic E-state index is 13.7. The van der Waals surface area contributed by atoms with Crippen LogP contribution in [0.4, 0.5) is 19.3 Å².